The maximum absolute atomic E-state index is 3.34. The smallest absolute Gasteiger partial charge is 0.0485 e. The second-order valence-corrected chi connectivity index (χ2v) is 3.27. The van der Waals surface area contributed by atoms with Gasteiger partial charge in [0.25, 0.3) is 0 Å². The van der Waals surface area contributed by atoms with E-state index in [1.165, 1.54) is 5.70 Å². The summed E-state index contributed by atoms with van der Waals surface area (Å²) in [7, 11) is 2.05. The van der Waals surface area contributed by atoms with Crippen LogP contribution in [0.25, 0.3) is 0 Å². The fraction of sp³-hybridized carbons (Fsp3) is 0.750. The Hall–Kier alpha value is -0.500. The van der Waals surface area contributed by atoms with Crippen LogP contribution in [0.15, 0.2) is 11.8 Å². The molecule has 0 radical (unpaired) electrons. The average molecular weight is 140 g/mol. The van der Waals surface area contributed by atoms with Crippen molar-refractivity contribution in [1.29, 1.82) is 0 Å². The maximum Gasteiger partial charge on any atom is 0.0485 e. The van der Waals surface area contributed by atoms with E-state index < -0.39 is 0 Å². The van der Waals surface area contributed by atoms with Crippen molar-refractivity contribution in [2.75, 3.05) is 7.05 Å². The highest BCUT2D eigenvalue weighted by Crippen LogP contribution is 2.14. The van der Waals surface area contributed by atoms with Crippen LogP contribution >= 0.6 is 0 Å². The second kappa shape index (κ2) is 2.62. The summed E-state index contributed by atoms with van der Waals surface area (Å²) in [6, 6.07) is 0.532. The van der Waals surface area contributed by atoms with Crippen LogP contribution in [0.2, 0.25) is 0 Å². The van der Waals surface area contributed by atoms with Crippen molar-refractivity contribution in [3.05, 3.63) is 11.8 Å². The molecule has 0 aromatic carbocycles. The van der Waals surface area contributed by atoms with Gasteiger partial charge in [-0.05, 0) is 18.9 Å². The molecule has 1 aliphatic heterocycles. The zero-order valence-corrected chi connectivity index (χ0v) is 7.18. The predicted octanol–water partition coefficient (Wildman–Crippen LogP) is 1.36. The van der Waals surface area contributed by atoms with Crippen LogP contribution in [-0.4, -0.2) is 18.1 Å². The molecule has 2 heteroatoms. The third kappa shape index (κ3) is 1.32. The molecule has 0 bridgehead atoms. The molecule has 2 nitrogen and oxygen atoms in total. The first kappa shape index (κ1) is 7.61. The van der Waals surface area contributed by atoms with Gasteiger partial charge in [0, 0.05) is 18.8 Å². The van der Waals surface area contributed by atoms with Crippen molar-refractivity contribution in [2.45, 2.75) is 26.8 Å². The van der Waals surface area contributed by atoms with E-state index in [1.807, 2.05) is 7.05 Å². The summed E-state index contributed by atoms with van der Waals surface area (Å²) in [4.78, 5) is 0. The van der Waals surface area contributed by atoms with E-state index in [-0.39, 0.29) is 0 Å². The van der Waals surface area contributed by atoms with Crippen LogP contribution in [0, 0.1) is 5.92 Å². The molecule has 1 aliphatic rings. The highest BCUT2D eigenvalue weighted by molar-refractivity contribution is 5.08. The number of hydrogen-bond acceptors (Lipinski definition) is 2. The molecule has 1 heterocycles. The SMILES string of the molecule is CC1=CC(C(C)C)NN1C. The van der Waals surface area contributed by atoms with Gasteiger partial charge in [-0.25, -0.2) is 5.43 Å². The molecular formula is C8H16N2. The predicted molar refractivity (Wildman–Crippen MR) is 43.3 cm³/mol. The lowest BCUT2D eigenvalue weighted by Crippen LogP contribution is -2.36. The fourth-order valence-electron chi connectivity index (χ4n) is 1.08. The molecule has 0 aromatic rings. The number of allylic oxidation sites excluding steroid dienone is 1. The van der Waals surface area contributed by atoms with Crippen LogP contribution in [0.1, 0.15) is 20.8 Å². The molecule has 10 heavy (non-hydrogen) atoms. The van der Waals surface area contributed by atoms with Crippen molar-refractivity contribution in [3.8, 4) is 0 Å². The Morgan fingerprint density at radius 1 is 1.60 bits per heavy atom. The minimum Gasteiger partial charge on any atom is -0.316 e. The first-order valence-corrected chi connectivity index (χ1v) is 3.79. The van der Waals surface area contributed by atoms with Crippen molar-refractivity contribution >= 4 is 0 Å². The fourth-order valence-corrected chi connectivity index (χ4v) is 1.08. The molecule has 0 saturated heterocycles. The summed E-state index contributed by atoms with van der Waals surface area (Å²) in [5.74, 6) is 0.680. The van der Waals surface area contributed by atoms with Crippen LogP contribution in [0.5, 0.6) is 0 Å². The first-order chi connectivity index (χ1) is 4.61. The maximum atomic E-state index is 3.34. The molecular weight excluding hydrogens is 124 g/mol. The number of hydrazine groups is 1. The standard InChI is InChI=1S/C8H16N2/c1-6(2)8-5-7(3)10(4)9-8/h5-6,8-9H,1-4H3. The summed E-state index contributed by atoms with van der Waals surface area (Å²) in [5, 5.41) is 2.07. The summed E-state index contributed by atoms with van der Waals surface area (Å²) < 4.78 is 0. The third-order valence-electron chi connectivity index (χ3n) is 2.01. The van der Waals surface area contributed by atoms with Crippen LogP contribution in [-0.2, 0) is 0 Å². The highest BCUT2D eigenvalue weighted by atomic mass is 15.5. The van der Waals surface area contributed by atoms with Gasteiger partial charge in [-0.15, -0.1) is 0 Å². The minimum atomic E-state index is 0.532. The van der Waals surface area contributed by atoms with Gasteiger partial charge in [0.15, 0.2) is 0 Å². The summed E-state index contributed by atoms with van der Waals surface area (Å²) in [5.41, 5.74) is 4.66. The van der Waals surface area contributed by atoms with E-state index in [1.54, 1.807) is 0 Å². The third-order valence-corrected chi connectivity index (χ3v) is 2.01. The number of nitrogens with one attached hydrogen (secondary N) is 1. The Morgan fingerprint density at radius 3 is 2.40 bits per heavy atom. The van der Waals surface area contributed by atoms with Gasteiger partial charge in [0.1, 0.15) is 0 Å². The molecule has 1 unspecified atom stereocenters. The van der Waals surface area contributed by atoms with Crippen molar-refractivity contribution in [2.24, 2.45) is 5.92 Å². The van der Waals surface area contributed by atoms with Gasteiger partial charge in [-0.3, -0.25) is 0 Å². The molecule has 0 saturated carbocycles. The molecule has 0 amide bonds. The topological polar surface area (TPSA) is 15.3 Å². The number of rotatable bonds is 1. The Balaban J connectivity index is 2.56. The highest BCUT2D eigenvalue weighted by Gasteiger charge is 2.18. The lowest BCUT2D eigenvalue weighted by Gasteiger charge is -2.18. The molecule has 0 fully saturated rings. The molecule has 0 spiro atoms. The van der Waals surface area contributed by atoms with Gasteiger partial charge in [-0.2, -0.15) is 0 Å². The monoisotopic (exact) mass is 140 g/mol. The average Bonchev–Trinajstić information content (AvgIpc) is 2.13. The Morgan fingerprint density at radius 2 is 2.20 bits per heavy atom. The van der Waals surface area contributed by atoms with E-state index in [9.17, 15) is 0 Å². The van der Waals surface area contributed by atoms with Crippen LogP contribution in [0.4, 0.5) is 0 Å². The van der Waals surface area contributed by atoms with Gasteiger partial charge in [0.2, 0.25) is 0 Å². The van der Waals surface area contributed by atoms with E-state index in [2.05, 4.69) is 37.3 Å². The van der Waals surface area contributed by atoms with Crippen molar-refractivity contribution < 1.29 is 0 Å². The lowest BCUT2D eigenvalue weighted by molar-refractivity contribution is 0.280. The Bertz CT molecular complexity index is 149. The molecule has 58 valence electrons. The number of nitrogens with zero attached hydrogens (tertiary/aromatic N) is 1. The summed E-state index contributed by atoms with van der Waals surface area (Å²) in [6.45, 7) is 6.57. The van der Waals surface area contributed by atoms with Gasteiger partial charge in [0.05, 0.1) is 0 Å². The van der Waals surface area contributed by atoms with Crippen molar-refractivity contribution in [1.82, 2.24) is 10.4 Å². The Labute approximate surface area is 62.9 Å². The zero-order valence-electron chi connectivity index (χ0n) is 7.18. The van der Waals surface area contributed by atoms with Crippen LogP contribution < -0.4 is 5.43 Å². The normalized spacial score (nSPS) is 25.9. The quantitative estimate of drug-likeness (QED) is 0.591. The minimum absolute atomic E-state index is 0.532. The van der Waals surface area contributed by atoms with E-state index >= 15 is 0 Å². The molecule has 1 N–H and O–H groups in total. The van der Waals surface area contributed by atoms with Gasteiger partial charge >= 0.3 is 0 Å². The summed E-state index contributed by atoms with van der Waals surface area (Å²) >= 11 is 0. The van der Waals surface area contributed by atoms with Crippen LogP contribution in [0.3, 0.4) is 0 Å². The second-order valence-electron chi connectivity index (χ2n) is 3.27. The van der Waals surface area contributed by atoms with Crippen molar-refractivity contribution in [3.63, 3.8) is 0 Å². The lowest BCUT2D eigenvalue weighted by atomic mass is 10.1. The van der Waals surface area contributed by atoms with Gasteiger partial charge in [-0.1, -0.05) is 13.8 Å². The molecule has 0 aromatic heterocycles. The molecule has 1 atom stereocenters. The van der Waals surface area contributed by atoms with E-state index in [4.69, 9.17) is 0 Å². The Kier molecular flexibility index (Phi) is 2.00. The molecule has 1 rings (SSSR count). The first-order valence-electron chi connectivity index (χ1n) is 3.79. The van der Waals surface area contributed by atoms with E-state index in [0.29, 0.717) is 12.0 Å². The number of hydrogen-bond donors (Lipinski definition) is 1. The summed E-state index contributed by atoms with van der Waals surface area (Å²) in [6.07, 6.45) is 2.27. The van der Waals surface area contributed by atoms with Gasteiger partial charge < -0.3 is 5.01 Å². The largest absolute Gasteiger partial charge is 0.316 e. The zero-order chi connectivity index (χ0) is 7.72. The van der Waals surface area contributed by atoms with E-state index in [0.717, 1.165) is 0 Å². The molecule has 0 aliphatic carbocycles.